The van der Waals surface area contributed by atoms with Crippen molar-refractivity contribution in [1.29, 1.82) is 0 Å². The van der Waals surface area contributed by atoms with Crippen LogP contribution in [-0.4, -0.2) is 19.4 Å². The maximum atomic E-state index is 5.39. The van der Waals surface area contributed by atoms with Gasteiger partial charge in [0.1, 0.15) is 12.4 Å². The second-order valence-electron chi connectivity index (χ2n) is 2.69. The highest BCUT2D eigenvalue weighted by Gasteiger charge is 1.90. The highest BCUT2D eigenvalue weighted by atomic mass is 16.6. The van der Waals surface area contributed by atoms with Crippen molar-refractivity contribution in [2.24, 2.45) is 5.16 Å². The second kappa shape index (κ2) is 6.95. The molecule has 3 heteroatoms. The van der Waals surface area contributed by atoms with Gasteiger partial charge in [-0.25, -0.2) is 0 Å². The molecule has 0 bridgehead atoms. The topological polar surface area (TPSA) is 30.8 Å². The Bertz CT molecular complexity index is 259. The smallest absolute Gasteiger partial charge is 0.151 e. The maximum Gasteiger partial charge on any atom is 0.151 e. The molecule has 1 rings (SSSR count). The fourth-order valence-corrected chi connectivity index (χ4v) is 0.893. The molecule has 0 aliphatic rings. The molecule has 0 saturated heterocycles. The Morgan fingerprint density at radius 1 is 1.21 bits per heavy atom. The average molecular weight is 193 g/mol. The van der Waals surface area contributed by atoms with Crippen LogP contribution in [0.25, 0.3) is 0 Å². The molecule has 1 aromatic rings. The van der Waals surface area contributed by atoms with Gasteiger partial charge in [0.05, 0.1) is 0 Å². The molecule has 0 N–H and O–H groups in total. The monoisotopic (exact) mass is 193 g/mol. The molecule has 0 aromatic heterocycles. The van der Waals surface area contributed by atoms with Gasteiger partial charge in [-0.3, -0.25) is 0 Å². The van der Waals surface area contributed by atoms with Gasteiger partial charge in [-0.15, -0.1) is 0 Å². The SMILES string of the molecule is CC/C=N/OCCOc1ccccc1. The molecule has 3 nitrogen and oxygen atoms in total. The Morgan fingerprint density at radius 3 is 2.71 bits per heavy atom. The van der Waals surface area contributed by atoms with E-state index in [4.69, 9.17) is 9.57 Å². The van der Waals surface area contributed by atoms with Crippen LogP contribution in [0.1, 0.15) is 13.3 Å². The predicted octanol–water partition coefficient (Wildman–Crippen LogP) is 2.48. The summed E-state index contributed by atoms with van der Waals surface area (Å²) in [6.45, 7) is 3.00. The van der Waals surface area contributed by atoms with Gasteiger partial charge in [0.15, 0.2) is 6.61 Å². The Morgan fingerprint density at radius 2 is 2.00 bits per heavy atom. The van der Waals surface area contributed by atoms with Crippen LogP contribution in [0.4, 0.5) is 0 Å². The van der Waals surface area contributed by atoms with E-state index in [9.17, 15) is 0 Å². The maximum absolute atomic E-state index is 5.39. The van der Waals surface area contributed by atoms with Crippen LogP contribution in [0, 0.1) is 0 Å². The quantitative estimate of drug-likeness (QED) is 0.395. The molecule has 1 aromatic carbocycles. The number of hydrogen-bond acceptors (Lipinski definition) is 3. The number of para-hydroxylation sites is 1. The van der Waals surface area contributed by atoms with Crippen LogP contribution in [0.2, 0.25) is 0 Å². The fourth-order valence-electron chi connectivity index (χ4n) is 0.893. The third-order valence-corrected chi connectivity index (χ3v) is 1.52. The van der Waals surface area contributed by atoms with Crippen LogP contribution in [0.15, 0.2) is 35.5 Å². The normalized spacial score (nSPS) is 10.4. The van der Waals surface area contributed by atoms with Crippen molar-refractivity contribution in [1.82, 2.24) is 0 Å². The molecule has 0 radical (unpaired) electrons. The van der Waals surface area contributed by atoms with Crippen molar-refractivity contribution in [2.75, 3.05) is 13.2 Å². The summed E-state index contributed by atoms with van der Waals surface area (Å²) in [5.74, 6) is 0.857. The summed E-state index contributed by atoms with van der Waals surface area (Å²) >= 11 is 0. The van der Waals surface area contributed by atoms with Crippen LogP contribution >= 0.6 is 0 Å². The van der Waals surface area contributed by atoms with Gasteiger partial charge in [0.25, 0.3) is 0 Å². The van der Waals surface area contributed by atoms with Crippen LogP contribution in [0.5, 0.6) is 5.75 Å². The predicted molar refractivity (Wildman–Crippen MR) is 56.7 cm³/mol. The lowest BCUT2D eigenvalue weighted by atomic mass is 10.3. The van der Waals surface area contributed by atoms with Crippen LogP contribution in [0.3, 0.4) is 0 Å². The van der Waals surface area contributed by atoms with Gasteiger partial charge in [-0.05, 0) is 18.6 Å². The first-order valence-corrected chi connectivity index (χ1v) is 4.75. The standard InChI is InChI=1S/C11H15NO2/c1-2-8-12-14-10-9-13-11-6-4-3-5-7-11/h3-8H,2,9-10H2,1H3/b12-8+. The van der Waals surface area contributed by atoms with E-state index in [1.54, 1.807) is 6.21 Å². The number of hydrogen-bond donors (Lipinski definition) is 0. The van der Waals surface area contributed by atoms with E-state index in [0.717, 1.165) is 12.2 Å². The summed E-state index contributed by atoms with van der Waals surface area (Å²) in [5, 5.41) is 3.72. The number of rotatable bonds is 6. The van der Waals surface area contributed by atoms with E-state index < -0.39 is 0 Å². The minimum atomic E-state index is 0.478. The fraction of sp³-hybridized carbons (Fsp3) is 0.364. The van der Waals surface area contributed by atoms with Crippen LogP contribution in [-0.2, 0) is 4.84 Å². The van der Waals surface area contributed by atoms with E-state index >= 15 is 0 Å². The number of nitrogens with zero attached hydrogens (tertiary/aromatic N) is 1. The van der Waals surface area contributed by atoms with Gasteiger partial charge in [-0.1, -0.05) is 30.3 Å². The van der Waals surface area contributed by atoms with Gasteiger partial charge in [0.2, 0.25) is 0 Å². The summed E-state index contributed by atoms with van der Waals surface area (Å²) < 4.78 is 5.39. The Balaban J connectivity index is 2.07. The molecular formula is C11H15NO2. The largest absolute Gasteiger partial charge is 0.490 e. The molecule has 0 fully saturated rings. The summed E-state index contributed by atoms with van der Waals surface area (Å²) in [4.78, 5) is 4.94. The highest BCUT2D eigenvalue weighted by molar-refractivity contribution is 5.55. The van der Waals surface area contributed by atoms with E-state index in [1.807, 2.05) is 37.3 Å². The van der Waals surface area contributed by atoms with E-state index in [2.05, 4.69) is 5.16 Å². The number of benzene rings is 1. The third-order valence-electron chi connectivity index (χ3n) is 1.52. The van der Waals surface area contributed by atoms with Gasteiger partial charge < -0.3 is 9.57 Å². The van der Waals surface area contributed by atoms with E-state index in [1.165, 1.54) is 0 Å². The summed E-state index contributed by atoms with van der Waals surface area (Å²) in [7, 11) is 0. The lowest BCUT2D eigenvalue weighted by Gasteiger charge is -2.03. The van der Waals surface area contributed by atoms with Crippen LogP contribution < -0.4 is 4.74 Å². The van der Waals surface area contributed by atoms with Crippen molar-refractivity contribution >= 4 is 6.21 Å². The molecule has 14 heavy (non-hydrogen) atoms. The Kier molecular flexibility index (Phi) is 5.25. The zero-order valence-corrected chi connectivity index (χ0v) is 8.35. The molecular weight excluding hydrogens is 178 g/mol. The third kappa shape index (κ3) is 4.50. The molecule has 0 amide bonds. The Labute approximate surface area is 84.3 Å². The minimum absolute atomic E-state index is 0.478. The van der Waals surface area contributed by atoms with Gasteiger partial charge in [-0.2, -0.15) is 0 Å². The summed E-state index contributed by atoms with van der Waals surface area (Å²) in [6, 6.07) is 9.65. The molecule has 0 atom stereocenters. The number of oxime groups is 1. The lowest BCUT2D eigenvalue weighted by molar-refractivity contribution is 0.108. The summed E-state index contributed by atoms with van der Waals surface area (Å²) in [6.07, 6.45) is 2.61. The van der Waals surface area contributed by atoms with E-state index in [0.29, 0.717) is 13.2 Å². The lowest BCUT2D eigenvalue weighted by Crippen LogP contribution is -2.03. The van der Waals surface area contributed by atoms with Crippen molar-refractivity contribution in [3.05, 3.63) is 30.3 Å². The Hall–Kier alpha value is -1.51. The van der Waals surface area contributed by atoms with Crippen molar-refractivity contribution in [3.63, 3.8) is 0 Å². The highest BCUT2D eigenvalue weighted by Crippen LogP contribution is 2.07. The average Bonchev–Trinajstić information content (AvgIpc) is 2.25. The van der Waals surface area contributed by atoms with E-state index in [-0.39, 0.29) is 0 Å². The molecule has 0 aliphatic carbocycles. The van der Waals surface area contributed by atoms with Gasteiger partial charge >= 0.3 is 0 Å². The molecule has 0 unspecified atom stereocenters. The number of ether oxygens (including phenoxy) is 1. The zero-order valence-electron chi connectivity index (χ0n) is 8.35. The first kappa shape index (κ1) is 10.6. The molecule has 0 spiro atoms. The molecule has 0 aliphatic heterocycles. The molecule has 0 heterocycles. The first-order chi connectivity index (χ1) is 6.93. The molecule has 76 valence electrons. The van der Waals surface area contributed by atoms with Crippen molar-refractivity contribution in [3.8, 4) is 5.75 Å². The van der Waals surface area contributed by atoms with Crippen molar-refractivity contribution in [2.45, 2.75) is 13.3 Å². The first-order valence-electron chi connectivity index (χ1n) is 4.75. The minimum Gasteiger partial charge on any atom is -0.490 e. The summed E-state index contributed by atoms with van der Waals surface area (Å²) in [5.41, 5.74) is 0. The zero-order chi connectivity index (χ0) is 10.1. The van der Waals surface area contributed by atoms with Gasteiger partial charge in [0, 0.05) is 6.21 Å². The van der Waals surface area contributed by atoms with Crippen molar-refractivity contribution < 1.29 is 9.57 Å². The second-order valence-corrected chi connectivity index (χ2v) is 2.69. The molecule has 0 saturated carbocycles.